The van der Waals surface area contributed by atoms with E-state index in [0.29, 0.717) is 0 Å². The molecule has 2 heteroatoms. The van der Waals surface area contributed by atoms with Gasteiger partial charge in [0.1, 0.15) is 11.4 Å². The average Bonchev–Trinajstić information content (AvgIpc) is 2.73. The van der Waals surface area contributed by atoms with Gasteiger partial charge in [-0.05, 0) is 25.6 Å². The van der Waals surface area contributed by atoms with Crippen molar-refractivity contribution in [3.05, 3.63) is 29.3 Å². The number of ether oxygens (including phenoxy) is 1. The first-order chi connectivity index (χ1) is 8.67. The van der Waals surface area contributed by atoms with Crippen LogP contribution in [0.15, 0.2) is 18.2 Å². The van der Waals surface area contributed by atoms with Crippen molar-refractivity contribution in [3.8, 4) is 5.75 Å². The fourth-order valence-electron chi connectivity index (χ4n) is 2.87. The molecule has 0 radical (unpaired) electrons. The van der Waals surface area contributed by atoms with Crippen molar-refractivity contribution in [1.29, 1.82) is 0 Å². The number of nitrogens with zero attached hydrogens (tertiary/aromatic N) is 1. The maximum atomic E-state index is 6.21. The number of likely N-dealkylation sites (tertiary alicyclic amines) is 1. The highest BCUT2D eigenvalue weighted by Crippen LogP contribution is 2.40. The monoisotopic (exact) mass is 247 g/mol. The zero-order chi connectivity index (χ0) is 13.2. The highest BCUT2D eigenvalue weighted by Gasteiger charge is 2.41. The second-order valence-corrected chi connectivity index (χ2v) is 5.38. The van der Waals surface area contributed by atoms with Crippen LogP contribution in [0.3, 0.4) is 0 Å². The third-order valence-electron chi connectivity index (χ3n) is 3.95. The molecule has 2 aliphatic heterocycles. The van der Waals surface area contributed by atoms with Gasteiger partial charge in [0.2, 0.25) is 0 Å². The smallest absolute Gasteiger partial charge is 0.123 e. The number of rotatable bonds is 0. The molecule has 2 heterocycles. The fourth-order valence-corrected chi connectivity index (χ4v) is 2.87. The van der Waals surface area contributed by atoms with Crippen LogP contribution in [0.2, 0.25) is 0 Å². The Morgan fingerprint density at radius 3 is 2.50 bits per heavy atom. The van der Waals surface area contributed by atoms with Gasteiger partial charge in [0, 0.05) is 32.4 Å². The third-order valence-corrected chi connectivity index (χ3v) is 3.95. The van der Waals surface area contributed by atoms with Crippen LogP contribution in [-0.2, 0) is 6.42 Å². The second-order valence-electron chi connectivity index (χ2n) is 5.38. The predicted octanol–water partition coefficient (Wildman–Crippen LogP) is 3.42. The van der Waals surface area contributed by atoms with Crippen LogP contribution in [0.1, 0.15) is 37.8 Å². The minimum atomic E-state index is 0.114. The van der Waals surface area contributed by atoms with Crippen LogP contribution in [0.5, 0.6) is 5.75 Å². The first kappa shape index (κ1) is 13.4. The predicted molar refractivity (Wildman–Crippen MR) is 76.3 cm³/mol. The Balaban J connectivity index is 0.000000574. The van der Waals surface area contributed by atoms with E-state index >= 15 is 0 Å². The highest BCUT2D eigenvalue weighted by atomic mass is 16.5. The summed E-state index contributed by atoms with van der Waals surface area (Å²) < 4.78 is 6.21. The summed E-state index contributed by atoms with van der Waals surface area (Å²) in [5.41, 5.74) is 2.86. The molecule has 0 unspecified atom stereocenters. The molecule has 1 fully saturated rings. The number of fused-ring (bicyclic) bond motifs is 1. The molecule has 2 nitrogen and oxygen atoms in total. The van der Waals surface area contributed by atoms with Crippen molar-refractivity contribution >= 4 is 0 Å². The van der Waals surface area contributed by atoms with Gasteiger partial charge in [-0.2, -0.15) is 0 Å². The van der Waals surface area contributed by atoms with Crippen LogP contribution >= 0.6 is 0 Å². The van der Waals surface area contributed by atoms with Crippen molar-refractivity contribution < 1.29 is 4.74 Å². The molecule has 0 aromatic heterocycles. The van der Waals surface area contributed by atoms with Gasteiger partial charge in [-0.1, -0.05) is 31.5 Å². The van der Waals surface area contributed by atoms with Crippen LogP contribution in [0.25, 0.3) is 0 Å². The summed E-state index contributed by atoms with van der Waals surface area (Å²) >= 11 is 0. The lowest BCUT2D eigenvalue weighted by atomic mass is 9.87. The van der Waals surface area contributed by atoms with E-state index in [9.17, 15) is 0 Å². The van der Waals surface area contributed by atoms with E-state index in [-0.39, 0.29) is 5.60 Å². The summed E-state index contributed by atoms with van der Waals surface area (Å²) in [6.45, 7) is 8.47. The normalized spacial score (nSPS) is 20.9. The molecule has 18 heavy (non-hydrogen) atoms. The zero-order valence-corrected chi connectivity index (χ0v) is 12.1. The summed E-state index contributed by atoms with van der Waals surface area (Å²) in [4.78, 5) is 2.39. The molecule has 1 saturated heterocycles. The Labute approximate surface area is 111 Å². The van der Waals surface area contributed by atoms with Gasteiger partial charge >= 0.3 is 0 Å². The van der Waals surface area contributed by atoms with Crippen molar-refractivity contribution in [2.45, 2.75) is 45.6 Å². The molecule has 3 rings (SSSR count). The molecule has 0 bridgehead atoms. The molecular formula is C16H25NO. The van der Waals surface area contributed by atoms with E-state index in [0.717, 1.165) is 38.1 Å². The van der Waals surface area contributed by atoms with Gasteiger partial charge in [-0.15, -0.1) is 0 Å². The quantitative estimate of drug-likeness (QED) is 0.696. The summed E-state index contributed by atoms with van der Waals surface area (Å²) in [5.74, 6) is 1.12. The second kappa shape index (κ2) is 5.31. The minimum absolute atomic E-state index is 0.114. The first-order valence-electron chi connectivity index (χ1n) is 7.14. The van der Waals surface area contributed by atoms with Gasteiger partial charge in [-0.3, -0.25) is 0 Å². The molecule has 100 valence electrons. The van der Waals surface area contributed by atoms with E-state index < -0.39 is 0 Å². The van der Waals surface area contributed by atoms with Crippen LogP contribution in [0.4, 0.5) is 0 Å². The van der Waals surface area contributed by atoms with Crippen LogP contribution < -0.4 is 4.74 Å². The molecule has 1 aromatic rings. The van der Waals surface area contributed by atoms with Crippen molar-refractivity contribution in [2.75, 3.05) is 20.1 Å². The number of piperidine rings is 1. The van der Waals surface area contributed by atoms with Gasteiger partial charge in [0.25, 0.3) is 0 Å². The Morgan fingerprint density at radius 1 is 1.17 bits per heavy atom. The third kappa shape index (κ3) is 2.54. The maximum Gasteiger partial charge on any atom is 0.123 e. The van der Waals surface area contributed by atoms with E-state index in [2.05, 4.69) is 37.1 Å². The van der Waals surface area contributed by atoms with Crippen molar-refractivity contribution in [1.82, 2.24) is 4.90 Å². The SMILES string of the molecule is CC.Cc1ccc2c(c1)CC1(CCN(C)CC1)O2. The lowest BCUT2D eigenvalue weighted by Gasteiger charge is -2.37. The summed E-state index contributed by atoms with van der Waals surface area (Å²) in [6.07, 6.45) is 3.44. The van der Waals surface area contributed by atoms with Crippen molar-refractivity contribution in [2.24, 2.45) is 0 Å². The molecule has 0 amide bonds. The van der Waals surface area contributed by atoms with Gasteiger partial charge < -0.3 is 9.64 Å². The van der Waals surface area contributed by atoms with E-state index in [4.69, 9.17) is 4.74 Å². The molecule has 0 N–H and O–H groups in total. The topological polar surface area (TPSA) is 12.5 Å². The van der Waals surface area contributed by atoms with Gasteiger partial charge in [-0.25, -0.2) is 0 Å². The maximum absolute atomic E-state index is 6.21. The minimum Gasteiger partial charge on any atom is -0.487 e. The average molecular weight is 247 g/mol. The standard InChI is InChI=1S/C14H19NO.C2H6/c1-11-3-4-13-12(9-11)10-14(16-13)5-7-15(2)8-6-14;1-2/h3-4,9H,5-8,10H2,1-2H3;1-2H3. The number of benzene rings is 1. The molecule has 1 spiro atoms. The van der Waals surface area contributed by atoms with Gasteiger partial charge in [0.15, 0.2) is 0 Å². The van der Waals surface area contributed by atoms with Gasteiger partial charge in [0.05, 0.1) is 0 Å². The van der Waals surface area contributed by atoms with E-state index in [1.807, 2.05) is 13.8 Å². The number of hydrogen-bond acceptors (Lipinski definition) is 2. The van der Waals surface area contributed by atoms with Crippen molar-refractivity contribution in [3.63, 3.8) is 0 Å². The molecule has 1 aromatic carbocycles. The Hall–Kier alpha value is -1.02. The summed E-state index contributed by atoms with van der Waals surface area (Å²) in [7, 11) is 2.19. The fraction of sp³-hybridized carbons (Fsp3) is 0.625. The largest absolute Gasteiger partial charge is 0.487 e. The summed E-state index contributed by atoms with van der Waals surface area (Å²) in [6, 6.07) is 6.56. The first-order valence-corrected chi connectivity index (χ1v) is 7.14. The zero-order valence-electron chi connectivity index (χ0n) is 12.1. The molecule has 0 atom stereocenters. The molecular weight excluding hydrogens is 222 g/mol. The summed E-state index contributed by atoms with van der Waals surface area (Å²) in [5, 5.41) is 0. The Morgan fingerprint density at radius 2 is 1.83 bits per heavy atom. The molecule has 2 aliphatic rings. The van der Waals surface area contributed by atoms with E-state index in [1.54, 1.807) is 0 Å². The molecule has 0 aliphatic carbocycles. The number of hydrogen-bond donors (Lipinski definition) is 0. The van der Waals surface area contributed by atoms with Crippen LogP contribution in [0, 0.1) is 6.92 Å². The van der Waals surface area contributed by atoms with E-state index in [1.165, 1.54) is 11.1 Å². The number of aryl methyl sites for hydroxylation is 1. The Bertz CT molecular complexity index is 406. The van der Waals surface area contributed by atoms with Crippen LogP contribution in [-0.4, -0.2) is 30.6 Å². The Kier molecular flexibility index (Phi) is 3.96. The highest BCUT2D eigenvalue weighted by molar-refractivity contribution is 5.42. The lowest BCUT2D eigenvalue weighted by Crippen LogP contribution is -2.45. The molecule has 0 saturated carbocycles. The lowest BCUT2D eigenvalue weighted by molar-refractivity contribution is 0.0271.